The molecule has 98 valence electrons. The third-order valence-electron chi connectivity index (χ3n) is 2.90. The van der Waals surface area contributed by atoms with Gasteiger partial charge in [0.25, 0.3) is 0 Å². The molecule has 1 aliphatic heterocycles. The maximum absolute atomic E-state index is 11.6. The monoisotopic (exact) mass is 249 g/mol. The number of carbonyl (C=O) groups is 1. The van der Waals surface area contributed by atoms with E-state index in [1.165, 1.54) is 0 Å². The summed E-state index contributed by atoms with van der Waals surface area (Å²) in [4.78, 5) is 11.6. The number of piperidine rings is 1. The Kier molecular flexibility index (Phi) is 4.59. The third-order valence-corrected chi connectivity index (χ3v) is 2.90. The lowest BCUT2D eigenvalue weighted by Gasteiger charge is -2.24. The van der Waals surface area contributed by atoms with E-state index in [2.05, 4.69) is 5.32 Å². The van der Waals surface area contributed by atoms with Crippen molar-refractivity contribution in [2.24, 2.45) is 0 Å². The zero-order valence-electron chi connectivity index (χ0n) is 10.6. The van der Waals surface area contributed by atoms with Gasteiger partial charge in [0.1, 0.15) is 11.9 Å². The Morgan fingerprint density at radius 3 is 3.11 bits per heavy atom. The van der Waals surface area contributed by atoms with Gasteiger partial charge in [0.15, 0.2) is 0 Å². The van der Waals surface area contributed by atoms with E-state index in [-0.39, 0.29) is 12.1 Å². The molecule has 1 fully saturated rings. The van der Waals surface area contributed by atoms with Crippen molar-refractivity contribution in [2.75, 3.05) is 19.7 Å². The molecule has 4 heteroatoms. The van der Waals surface area contributed by atoms with Crippen LogP contribution in [0.1, 0.15) is 30.1 Å². The van der Waals surface area contributed by atoms with Crippen LogP contribution in [-0.2, 0) is 4.74 Å². The van der Waals surface area contributed by atoms with E-state index >= 15 is 0 Å². The Morgan fingerprint density at radius 2 is 2.39 bits per heavy atom. The van der Waals surface area contributed by atoms with Gasteiger partial charge in [-0.25, -0.2) is 4.79 Å². The van der Waals surface area contributed by atoms with Crippen LogP contribution in [0.3, 0.4) is 0 Å². The number of rotatable bonds is 4. The number of hydrogen-bond acceptors (Lipinski definition) is 4. The van der Waals surface area contributed by atoms with E-state index in [4.69, 9.17) is 9.47 Å². The SMILES string of the molecule is CCOC(=O)c1cccc(OC2CCCNC2)c1. The Hall–Kier alpha value is -1.55. The third kappa shape index (κ3) is 3.47. The summed E-state index contributed by atoms with van der Waals surface area (Å²) in [5.74, 6) is 0.430. The molecule has 1 heterocycles. The van der Waals surface area contributed by atoms with Crippen molar-refractivity contribution in [2.45, 2.75) is 25.9 Å². The molecule has 1 unspecified atom stereocenters. The zero-order valence-corrected chi connectivity index (χ0v) is 10.6. The Morgan fingerprint density at radius 1 is 1.50 bits per heavy atom. The van der Waals surface area contributed by atoms with Gasteiger partial charge < -0.3 is 14.8 Å². The maximum Gasteiger partial charge on any atom is 0.338 e. The van der Waals surface area contributed by atoms with E-state index < -0.39 is 0 Å². The van der Waals surface area contributed by atoms with E-state index in [0.29, 0.717) is 12.2 Å². The molecule has 1 atom stereocenters. The van der Waals surface area contributed by atoms with Crippen LogP contribution in [0.4, 0.5) is 0 Å². The molecule has 1 aromatic carbocycles. The van der Waals surface area contributed by atoms with Crippen molar-refractivity contribution < 1.29 is 14.3 Å². The summed E-state index contributed by atoms with van der Waals surface area (Å²) in [5.41, 5.74) is 0.540. The lowest BCUT2D eigenvalue weighted by Crippen LogP contribution is -2.37. The molecule has 0 aromatic heterocycles. The minimum atomic E-state index is -0.301. The Balaban J connectivity index is 2.00. The molecule has 0 saturated carbocycles. The van der Waals surface area contributed by atoms with Crippen LogP contribution in [-0.4, -0.2) is 31.8 Å². The second-order valence-electron chi connectivity index (χ2n) is 4.33. The number of hydrogen-bond donors (Lipinski definition) is 1. The second-order valence-corrected chi connectivity index (χ2v) is 4.33. The highest BCUT2D eigenvalue weighted by molar-refractivity contribution is 5.89. The largest absolute Gasteiger partial charge is 0.489 e. The molecule has 1 aromatic rings. The fourth-order valence-electron chi connectivity index (χ4n) is 2.02. The van der Waals surface area contributed by atoms with Crippen molar-refractivity contribution in [3.8, 4) is 5.75 Å². The van der Waals surface area contributed by atoms with E-state index in [0.717, 1.165) is 31.7 Å². The molecule has 4 nitrogen and oxygen atoms in total. The lowest BCUT2D eigenvalue weighted by atomic mass is 10.1. The average molecular weight is 249 g/mol. The normalized spacial score (nSPS) is 19.3. The summed E-state index contributed by atoms with van der Waals surface area (Å²) < 4.78 is 10.8. The van der Waals surface area contributed by atoms with Gasteiger partial charge in [-0.2, -0.15) is 0 Å². The highest BCUT2D eigenvalue weighted by atomic mass is 16.5. The van der Waals surface area contributed by atoms with Gasteiger partial charge in [0.2, 0.25) is 0 Å². The van der Waals surface area contributed by atoms with Crippen LogP contribution in [0.15, 0.2) is 24.3 Å². The van der Waals surface area contributed by atoms with Crippen LogP contribution in [0.5, 0.6) is 5.75 Å². The summed E-state index contributed by atoms with van der Waals surface area (Å²) in [6, 6.07) is 7.17. The van der Waals surface area contributed by atoms with Gasteiger partial charge in [-0.15, -0.1) is 0 Å². The average Bonchev–Trinajstić information content (AvgIpc) is 2.40. The predicted octanol–water partition coefficient (Wildman–Crippen LogP) is 1.99. The van der Waals surface area contributed by atoms with Gasteiger partial charge in [0, 0.05) is 6.54 Å². The van der Waals surface area contributed by atoms with Crippen LogP contribution in [0.25, 0.3) is 0 Å². The van der Waals surface area contributed by atoms with Crippen LogP contribution >= 0.6 is 0 Å². The van der Waals surface area contributed by atoms with Crippen LogP contribution in [0.2, 0.25) is 0 Å². The van der Waals surface area contributed by atoms with Crippen LogP contribution < -0.4 is 10.1 Å². The summed E-state index contributed by atoms with van der Waals surface area (Å²) in [5, 5.41) is 3.30. The molecule has 1 saturated heterocycles. The molecule has 1 aliphatic rings. The van der Waals surface area contributed by atoms with Gasteiger partial charge in [-0.1, -0.05) is 6.07 Å². The Bertz CT molecular complexity index is 400. The minimum Gasteiger partial charge on any atom is -0.489 e. The fraction of sp³-hybridized carbons (Fsp3) is 0.500. The summed E-state index contributed by atoms with van der Waals surface area (Å²) in [6.07, 6.45) is 2.37. The summed E-state index contributed by atoms with van der Waals surface area (Å²) in [7, 11) is 0. The molecule has 2 rings (SSSR count). The minimum absolute atomic E-state index is 0.191. The topological polar surface area (TPSA) is 47.6 Å². The first-order chi connectivity index (χ1) is 8.79. The van der Waals surface area contributed by atoms with Gasteiger partial charge in [-0.05, 0) is 44.5 Å². The van der Waals surface area contributed by atoms with Gasteiger partial charge in [-0.3, -0.25) is 0 Å². The summed E-state index contributed by atoms with van der Waals surface area (Å²) in [6.45, 7) is 4.11. The Labute approximate surface area is 107 Å². The molecule has 0 aliphatic carbocycles. The van der Waals surface area contributed by atoms with Crippen molar-refractivity contribution in [1.82, 2.24) is 5.32 Å². The molecular weight excluding hydrogens is 230 g/mol. The highest BCUT2D eigenvalue weighted by Crippen LogP contribution is 2.18. The maximum atomic E-state index is 11.6. The van der Waals surface area contributed by atoms with Gasteiger partial charge >= 0.3 is 5.97 Å². The molecule has 0 bridgehead atoms. The molecule has 0 radical (unpaired) electrons. The van der Waals surface area contributed by atoms with Crippen molar-refractivity contribution in [3.63, 3.8) is 0 Å². The fourth-order valence-corrected chi connectivity index (χ4v) is 2.02. The predicted molar refractivity (Wildman–Crippen MR) is 68.9 cm³/mol. The number of carbonyl (C=O) groups excluding carboxylic acids is 1. The van der Waals surface area contributed by atoms with Gasteiger partial charge in [0.05, 0.1) is 12.2 Å². The number of ether oxygens (including phenoxy) is 2. The molecule has 0 amide bonds. The van der Waals surface area contributed by atoms with Crippen molar-refractivity contribution in [3.05, 3.63) is 29.8 Å². The first kappa shape index (κ1) is 12.9. The van der Waals surface area contributed by atoms with E-state index in [1.807, 2.05) is 12.1 Å². The first-order valence-electron chi connectivity index (χ1n) is 6.44. The summed E-state index contributed by atoms with van der Waals surface area (Å²) >= 11 is 0. The standard InChI is InChI=1S/C14H19NO3/c1-2-17-14(16)11-5-3-6-12(9-11)18-13-7-4-8-15-10-13/h3,5-6,9,13,15H,2,4,7-8,10H2,1H3. The molecule has 18 heavy (non-hydrogen) atoms. The number of esters is 1. The van der Waals surface area contributed by atoms with Crippen molar-refractivity contribution in [1.29, 1.82) is 0 Å². The smallest absolute Gasteiger partial charge is 0.338 e. The number of benzene rings is 1. The van der Waals surface area contributed by atoms with Crippen molar-refractivity contribution >= 4 is 5.97 Å². The molecular formula is C14H19NO3. The van der Waals surface area contributed by atoms with E-state index in [9.17, 15) is 4.79 Å². The molecule has 0 spiro atoms. The van der Waals surface area contributed by atoms with E-state index in [1.54, 1.807) is 19.1 Å². The highest BCUT2D eigenvalue weighted by Gasteiger charge is 2.15. The zero-order chi connectivity index (χ0) is 12.8. The quantitative estimate of drug-likeness (QED) is 0.829. The first-order valence-corrected chi connectivity index (χ1v) is 6.44. The lowest BCUT2D eigenvalue weighted by molar-refractivity contribution is 0.0525. The second kappa shape index (κ2) is 6.40. The van der Waals surface area contributed by atoms with Crippen LogP contribution in [0, 0.1) is 0 Å². The molecule has 1 N–H and O–H groups in total. The number of nitrogens with one attached hydrogen (secondary N) is 1.